The van der Waals surface area contributed by atoms with E-state index in [0.717, 1.165) is 0 Å². The van der Waals surface area contributed by atoms with Crippen molar-refractivity contribution in [3.63, 3.8) is 0 Å². The molecule has 0 fully saturated rings. The van der Waals surface area contributed by atoms with Crippen LogP contribution in [0.5, 0.6) is 0 Å². The number of fused-ring (bicyclic) bond motifs is 1. The summed E-state index contributed by atoms with van der Waals surface area (Å²) in [6.45, 7) is 3.08. The van der Waals surface area contributed by atoms with E-state index in [0.29, 0.717) is 22.5 Å². The van der Waals surface area contributed by atoms with E-state index in [2.05, 4.69) is 4.98 Å². The first-order valence-electron chi connectivity index (χ1n) is 6.86. The lowest BCUT2D eigenvalue weighted by Crippen LogP contribution is -2.09. The van der Waals surface area contributed by atoms with E-state index >= 15 is 0 Å². The molecule has 1 aromatic carbocycles. The van der Waals surface area contributed by atoms with Gasteiger partial charge in [-0.3, -0.25) is 19.9 Å². The van der Waals surface area contributed by atoms with Gasteiger partial charge in [0.25, 0.3) is 5.69 Å². The van der Waals surface area contributed by atoms with Gasteiger partial charge in [-0.05, 0) is 19.4 Å². The van der Waals surface area contributed by atoms with Crippen LogP contribution in [0.3, 0.4) is 0 Å². The monoisotopic (exact) mass is 312 g/mol. The molecule has 0 radical (unpaired) electrons. The first kappa shape index (κ1) is 14.8. The van der Waals surface area contributed by atoms with Crippen molar-refractivity contribution < 1.29 is 19.2 Å². The number of hydrogen-bond donors (Lipinski definition) is 0. The van der Waals surface area contributed by atoms with E-state index < -0.39 is 10.9 Å². The molecule has 0 aliphatic carbocycles. The molecule has 7 heteroatoms. The quantitative estimate of drug-likeness (QED) is 0.374. The van der Waals surface area contributed by atoms with Crippen LogP contribution in [-0.2, 0) is 11.3 Å². The van der Waals surface area contributed by atoms with Crippen molar-refractivity contribution in [3.8, 4) is 11.1 Å². The second-order valence-electron chi connectivity index (χ2n) is 5.21. The zero-order valence-corrected chi connectivity index (χ0v) is 12.5. The smallest absolute Gasteiger partial charge is 0.341 e. The van der Waals surface area contributed by atoms with Gasteiger partial charge in [0.2, 0.25) is 0 Å². The zero-order chi connectivity index (χ0) is 16.7. The second kappa shape index (κ2) is 5.28. The largest absolute Gasteiger partial charge is 0.455 e. The topological polar surface area (TPSA) is 99.4 Å². The Bertz CT molecular complexity index is 869. The third kappa shape index (κ3) is 2.36. The van der Waals surface area contributed by atoms with Gasteiger partial charge in [0, 0.05) is 29.0 Å². The molecule has 0 saturated heterocycles. The molecular formula is C16H12N2O5. The van der Waals surface area contributed by atoms with Crippen molar-refractivity contribution in [2.75, 3.05) is 0 Å². The van der Waals surface area contributed by atoms with Crippen molar-refractivity contribution in [1.29, 1.82) is 0 Å². The van der Waals surface area contributed by atoms with Gasteiger partial charge >= 0.3 is 5.97 Å². The molecule has 0 saturated carbocycles. The number of Topliss-reactive ketones (excluding diaryl/α,β-unsaturated/α-hetero) is 1. The van der Waals surface area contributed by atoms with Gasteiger partial charge in [0.1, 0.15) is 6.61 Å². The molecule has 116 valence electrons. The van der Waals surface area contributed by atoms with E-state index in [1.807, 2.05) is 0 Å². The maximum Gasteiger partial charge on any atom is 0.341 e. The summed E-state index contributed by atoms with van der Waals surface area (Å²) in [7, 11) is 0. The minimum Gasteiger partial charge on any atom is -0.455 e. The highest BCUT2D eigenvalue weighted by Crippen LogP contribution is 2.36. The van der Waals surface area contributed by atoms with Gasteiger partial charge in [-0.25, -0.2) is 4.79 Å². The number of esters is 1. The van der Waals surface area contributed by atoms with Crippen LogP contribution in [0.15, 0.2) is 24.3 Å². The summed E-state index contributed by atoms with van der Waals surface area (Å²) in [5.41, 5.74) is 2.06. The number of carbonyl (C=O) groups excluding carboxylic acids is 2. The van der Waals surface area contributed by atoms with Crippen LogP contribution in [0.1, 0.15) is 39.0 Å². The molecule has 1 aliphatic heterocycles. The van der Waals surface area contributed by atoms with Gasteiger partial charge in [-0.15, -0.1) is 0 Å². The minimum atomic E-state index is -0.573. The molecule has 0 spiro atoms. The van der Waals surface area contributed by atoms with Crippen LogP contribution in [0, 0.1) is 17.0 Å². The summed E-state index contributed by atoms with van der Waals surface area (Å²) in [5.74, 6) is -0.837. The number of pyridine rings is 1. The fraction of sp³-hybridized carbons (Fsp3) is 0.188. The maximum atomic E-state index is 12.1. The van der Waals surface area contributed by atoms with Crippen molar-refractivity contribution in [1.82, 2.24) is 4.98 Å². The zero-order valence-electron chi connectivity index (χ0n) is 12.5. The molecule has 3 rings (SSSR count). The highest BCUT2D eigenvalue weighted by molar-refractivity contribution is 6.09. The van der Waals surface area contributed by atoms with Crippen molar-refractivity contribution >= 4 is 17.4 Å². The number of ketones is 1. The highest BCUT2D eigenvalue weighted by Gasteiger charge is 2.31. The number of ether oxygens (including phenoxy) is 1. The van der Waals surface area contributed by atoms with E-state index in [-0.39, 0.29) is 29.2 Å². The highest BCUT2D eigenvalue weighted by atomic mass is 16.6. The number of carbonyl (C=O) groups is 2. The fourth-order valence-electron chi connectivity index (χ4n) is 2.79. The first-order chi connectivity index (χ1) is 10.9. The molecule has 0 atom stereocenters. The predicted octanol–water partition coefficient (Wildman–Crippen LogP) is 2.84. The van der Waals surface area contributed by atoms with E-state index in [4.69, 9.17) is 4.74 Å². The van der Waals surface area contributed by atoms with Gasteiger partial charge in [0.05, 0.1) is 16.2 Å². The SMILES string of the molecule is CC(=O)c1c(C)nc2c(c1-c1cccc([N+](=O)[O-])c1)C(=O)OC2. The number of nitrogens with zero attached hydrogens (tertiary/aromatic N) is 2. The molecule has 2 aromatic rings. The number of benzene rings is 1. The van der Waals surface area contributed by atoms with Gasteiger partial charge < -0.3 is 4.74 Å². The second-order valence-corrected chi connectivity index (χ2v) is 5.21. The van der Waals surface area contributed by atoms with Crippen LogP contribution in [-0.4, -0.2) is 21.7 Å². The Morgan fingerprint density at radius 3 is 2.74 bits per heavy atom. The number of aryl methyl sites for hydroxylation is 1. The molecular weight excluding hydrogens is 300 g/mol. The van der Waals surface area contributed by atoms with Crippen molar-refractivity contribution in [2.24, 2.45) is 0 Å². The number of non-ortho nitro benzene ring substituents is 1. The summed E-state index contributed by atoms with van der Waals surface area (Å²) in [6.07, 6.45) is 0. The van der Waals surface area contributed by atoms with Crippen molar-refractivity contribution in [2.45, 2.75) is 20.5 Å². The Labute approximate surface area is 131 Å². The summed E-state index contributed by atoms with van der Waals surface area (Å²) < 4.78 is 5.01. The Morgan fingerprint density at radius 1 is 1.35 bits per heavy atom. The lowest BCUT2D eigenvalue weighted by atomic mass is 9.91. The van der Waals surface area contributed by atoms with Crippen LogP contribution in [0.4, 0.5) is 5.69 Å². The Balaban J connectivity index is 2.38. The average Bonchev–Trinajstić information content (AvgIpc) is 2.86. The molecule has 0 amide bonds. The number of cyclic esters (lactones) is 1. The predicted molar refractivity (Wildman–Crippen MR) is 80.2 cm³/mol. The standard InChI is InChI=1S/C16H12N2O5/c1-8-13(9(2)19)14(15-12(17-8)7-23-16(15)20)10-4-3-5-11(6-10)18(21)22/h3-6H,7H2,1-2H3. The van der Waals surface area contributed by atoms with E-state index in [1.165, 1.54) is 25.1 Å². The van der Waals surface area contributed by atoms with E-state index in [1.54, 1.807) is 13.0 Å². The fourth-order valence-corrected chi connectivity index (χ4v) is 2.79. The van der Waals surface area contributed by atoms with Crippen LogP contribution < -0.4 is 0 Å². The lowest BCUT2D eigenvalue weighted by molar-refractivity contribution is -0.384. The number of nitro groups is 1. The van der Waals surface area contributed by atoms with Gasteiger partial charge in [-0.2, -0.15) is 0 Å². The van der Waals surface area contributed by atoms with Crippen LogP contribution >= 0.6 is 0 Å². The van der Waals surface area contributed by atoms with E-state index in [9.17, 15) is 19.7 Å². The van der Waals surface area contributed by atoms with Crippen LogP contribution in [0.25, 0.3) is 11.1 Å². The van der Waals surface area contributed by atoms with Crippen molar-refractivity contribution in [3.05, 3.63) is 56.9 Å². The molecule has 1 aliphatic rings. The summed E-state index contributed by atoms with van der Waals surface area (Å²) in [5, 5.41) is 11.0. The minimum absolute atomic E-state index is 0.0368. The number of hydrogen-bond acceptors (Lipinski definition) is 6. The van der Waals surface area contributed by atoms with Crippen LogP contribution in [0.2, 0.25) is 0 Å². The Kier molecular flexibility index (Phi) is 3.40. The molecule has 1 aromatic heterocycles. The average molecular weight is 312 g/mol. The molecule has 0 unspecified atom stereocenters. The number of nitro benzene ring substituents is 1. The Morgan fingerprint density at radius 2 is 2.09 bits per heavy atom. The summed E-state index contributed by atoms with van der Waals surface area (Å²) in [6, 6.07) is 5.83. The normalized spacial score (nSPS) is 12.7. The first-order valence-corrected chi connectivity index (χ1v) is 6.86. The third-order valence-electron chi connectivity index (χ3n) is 3.69. The molecule has 0 bridgehead atoms. The molecule has 0 N–H and O–H groups in total. The maximum absolute atomic E-state index is 12.1. The lowest BCUT2D eigenvalue weighted by Gasteiger charge is -2.13. The molecule has 2 heterocycles. The third-order valence-corrected chi connectivity index (χ3v) is 3.69. The Hall–Kier alpha value is -3.09. The summed E-state index contributed by atoms with van der Waals surface area (Å²) in [4.78, 5) is 38.9. The van der Waals surface area contributed by atoms with Gasteiger partial charge in [0.15, 0.2) is 5.78 Å². The summed E-state index contributed by atoms with van der Waals surface area (Å²) >= 11 is 0. The molecule has 23 heavy (non-hydrogen) atoms. The molecule has 7 nitrogen and oxygen atoms in total. The number of rotatable bonds is 3. The van der Waals surface area contributed by atoms with Gasteiger partial charge in [-0.1, -0.05) is 12.1 Å². The number of aromatic nitrogens is 1.